The first-order chi connectivity index (χ1) is 15.6. The van der Waals surface area contributed by atoms with E-state index in [-0.39, 0.29) is 6.04 Å². The van der Waals surface area contributed by atoms with Gasteiger partial charge >= 0.3 is 0 Å². The van der Waals surface area contributed by atoms with Gasteiger partial charge in [0.1, 0.15) is 11.6 Å². The van der Waals surface area contributed by atoms with Crippen LogP contribution in [-0.2, 0) is 11.3 Å². The molecule has 0 radical (unpaired) electrons. The van der Waals surface area contributed by atoms with Crippen LogP contribution in [0, 0.1) is 0 Å². The Kier molecular flexibility index (Phi) is 9.13. The molecular formula is C24H36N6O2. The molecule has 8 nitrogen and oxygen atoms in total. The van der Waals surface area contributed by atoms with Gasteiger partial charge in [-0.25, -0.2) is 9.98 Å². The molecule has 1 unspecified atom stereocenters. The Morgan fingerprint density at radius 2 is 1.94 bits per heavy atom. The maximum atomic E-state index is 5.58. The molecule has 0 spiro atoms. The molecule has 174 valence electrons. The number of guanidine groups is 1. The predicted molar refractivity (Wildman–Crippen MR) is 130 cm³/mol. The standard InChI is InChI=1S/C24H36N6O2/c1-5-25-24(27-17-20-7-6-12-26-23(20)29(2)3)28-18-22(30-13-15-32-16-14-30)19-8-10-21(31-4)11-9-19/h6-12,22H,5,13-18H2,1-4H3,(H2,25,27,28). The van der Waals surface area contributed by atoms with E-state index in [9.17, 15) is 0 Å². The summed E-state index contributed by atoms with van der Waals surface area (Å²) in [7, 11) is 5.70. The fourth-order valence-corrected chi connectivity index (χ4v) is 3.83. The van der Waals surface area contributed by atoms with Crippen molar-refractivity contribution in [1.82, 2.24) is 20.5 Å². The molecule has 1 atom stereocenters. The summed E-state index contributed by atoms with van der Waals surface area (Å²) in [5, 5.41) is 6.93. The van der Waals surface area contributed by atoms with E-state index in [1.807, 2.05) is 43.4 Å². The van der Waals surface area contributed by atoms with Crippen LogP contribution in [0.1, 0.15) is 24.1 Å². The molecule has 1 saturated heterocycles. The van der Waals surface area contributed by atoms with Gasteiger partial charge in [-0.1, -0.05) is 18.2 Å². The minimum absolute atomic E-state index is 0.212. The zero-order valence-corrected chi connectivity index (χ0v) is 19.7. The van der Waals surface area contributed by atoms with Gasteiger partial charge in [-0.15, -0.1) is 0 Å². The number of nitrogens with one attached hydrogen (secondary N) is 2. The smallest absolute Gasteiger partial charge is 0.191 e. The lowest BCUT2D eigenvalue weighted by Crippen LogP contribution is -2.46. The fraction of sp³-hybridized carbons (Fsp3) is 0.500. The Balaban J connectivity index is 1.74. The molecule has 0 aliphatic carbocycles. The lowest BCUT2D eigenvalue weighted by molar-refractivity contribution is 0.0170. The number of benzene rings is 1. The number of nitrogens with zero attached hydrogens (tertiary/aromatic N) is 4. The van der Waals surface area contributed by atoms with Crippen LogP contribution in [0.2, 0.25) is 0 Å². The van der Waals surface area contributed by atoms with Crippen LogP contribution in [0.3, 0.4) is 0 Å². The molecule has 2 N–H and O–H groups in total. The second-order valence-corrected chi connectivity index (χ2v) is 7.89. The molecule has 8 heteroatoms. The third-order valence-corrected chi connectivity index (χ3v) is 5.49. The largest absolute Gasteiger partial charge is 0.497 e. The Labute approximate surface area is 191 Å². The highest BCUT2D eigenvalue weighted by Gasteiger charge is 2.23. The first-order valence-electron chi connectivity index (χ1n) is 11.2. The van der Waals surface area contributed by atoms with Crippen molar-refractivity contribution < 1.29 is 9.47 Å². The van der Waals surface area contributed by atoms with Crippen molar-refractivity contribution in [3.63, 3.8) is 0 Å². The molecule has 2 aromatic rings. The van der Waals surface area contributed by atoms with E-state index in [2.05, 4.69) is 45.6 Å². The first-order valence-corrected chi connectivity index (χ1v) is 11.2. The Morgan fingerprint density at radius 3 is 2.59 bits per heavy atom. The Bertz CT molecular complexity index is 850. The summed E-state index contributed by atoms with van der Waals surface area (Å²) >= 11 is 0. The highest BCUT2D eigenvalue weighted by Crippen LogP contribution is 2.23. The number of hydrogen-bond donors (Lipinski definition) is 2. The summed E-state index contributed by atoms with van der Waals surface area (Å²) in [6.45, 7) is 7.51. The minimum Gasteiger partial charge on any atom is -0.497 e. The second-order valence-electron chi connectivity index (χ2n) is 7.89. The molecule has 1 aromatic heterocycles. The van der Waals surface area contributed by atoms with Crippen molar-refractivity contribution in [3.8, 4) is 5.75 Å². The Morgan fingerprint density at radius 1 is 1.19 bits per heavy atom. The highest BCUT2D eigenvalue weighted by atomic mass is 16.5. The van der Waals surface area contributed by atoms with Gasteiger partial charge in [0.15, 0.2) is 5.96 Å². The number of ether oxygens (including phenoxy) is 2. The molecular weight excluding hydrogens is 404 g/mol. The topological polar surface area (TPSA) is 74.2 Å². The SMILES string of the molecule is CCNC(=NCc1cccnc1N(C)C)NCC(c1ccc(OC)cc1)N1CCOCC1. The molecule has 2 heterocycles. The summed E-state index contributed by atoms with van der Waals surface area (Å²) in [6.07, 6.45) is 1.81. The van der Waals surface area contributed by atoms with Crippen LogP contribution < -0.4 is 20.3 Å². The molecule has 0 saturated carbocycles. The average molecular weight is 441 g/mol. The second kappa shape index (κ2) is 12.3. The van der Waals surface area contributed by atoms with Crippen molar-refractivity contribution in [2.75, 3.05) is 65.5 Å². The van der Waals surface area contributed by atoms with Gasteiger partial charge in [-0.3, -0.25) is 4.90 Å². The van der Waals surface area contributed by atoms with Crippen molar-refractivity contribution in [1.29, 1.82) is 0 Å². The van der Waals surface area contributed by atoms with Gasteiger partial charge in [0, 0.05) is 52.0 Å². The molecule has 1 fully saturated rings. The zero-order chi connectivity index (χ0) is 22.8. The van der Waals surface area contributed by atoms with Crippen LogP contribution in [-0.4, -0.2) is 76.4 Å². The number of anilines is 1. The van der Waals surface area contributed by atoms with E-state index < -0.39 is 0 Å². The number of rotatable bonds is 9. The molecule has 3 rings (SSSR count). The van der Waals surface area contributed by atoms with Crippen molar-refractivity contribution in [2.45, 2.75) is 19.5 Å². The van der Waals surface area contributed by atoms with Crippen molar-refractivity contribution >= 4 is 11.8 Å². The molecule has 1 aliphatic rings. The maximum Gasteiger partial charge on any atom is 0.191 e. The van der Waals surface area contributed by atoms with Crippen LogP contribution >= 0.6 is 0 Å². The summed E-state index contributed by atoms with van der Waals surface area (Å²) in [5.41, 5.74) is 2.34. The van der Waals surface area contributed by atoms with Gasteiger partial charge < -0.3 is 25.0 Å². The summed E-state index contributed by atoms with van der Waals surface area (Å²) in [4.78, 5) is 13.8. The van der Waals surface area contributed by atoms with E-state index in [0.29, 0.717) is 6.54 Å². The van der Waals surface area contributed by atoms with E-state index in [4.69, 9.17) is 14.5 Å². The molecule has 0 amide bonds. The van der Waals surface area contributed by atoms with Gasteiger partial charge in [0.2, 0.25) is 0 Å². The van der Waals surface area contributed by atoms with Crippen LogP contribution in [0.25, 0.3) is 0 Å². The lowest BCUT2D eigenvalue weighted by Gasteiger charge is -2.35. The van der Waals surface area contributed by atoms with Crippen LogP contribution in [0.4, 0.5) is 5.82 Å². The third kappa shape index (κ3) is 6.58. The molecule has 32 heavy (non-hydrogen) atoms. The molecule has 0 bridgehead atoms. The van der Waals surface area contributed by atoms with Crippen molar-refractivity contribution in [2.24, 2.45) is 4.99 Å². The van der Waals surface area contributed by atoms with Gasteiger partial charge in [0.05, 0.1) is 32.9 Å². The lowest BCUT2D eigenvalue weighted by atomic mass is 10.0. The monoisotopic (exact) mass is 440 g/mol. The van der Waals surface area contributed by atoms with E-state index >= 15 is 0 Å². The number of aliphatic imine (C=N–C) groups is 1. The van der Waals surface area contributed by atoms with E-state index in [1.54, 1.807) is 7.11 Å². The number of aromatic nitrogens is 1. The fourth-order valence-electron chi connectivity index (χ4n) is 3.83. The van der Waals surface area contributed by atoms with Crippen LogP contribution in [0.5, 0.6) is 5.75 Å². The summed E-state index contributed by atoms with van der Waals surface area (Å²) in [5.74, 6) is 2.61. The van der Waals surface area contributed by atoms with E-state index in [1.165, 1.54) is 5.56 Å². The Hall–Kier alpha value is -2.84. The number of hydrogen-bond acceptors (Lipinski definition) is 6. The quantitative estimate of drug-likeness (QED) is 0.458. The number of morpholine rings is 1. The zero-order valence-electron chi connectivity index (χ0n) is 19.7. The van der Waals surface area contributed by atoms with Gasteiger partial charge in [-0.05, 0) is 30.7 Å². The van der Waals surface area contributed by atoms with E-state index in [0.717, 1.165) is 62.5 Å². The predicted octanol–water partition coefficient (Wildman–Crippen LogP) is 2.28. The number of pyridine rings is 1. The molecule has 1 aliphatic heterocycles. The van der Waals surface area contributed by atoms with Gasteiger partial charge in [0.25, 0.3) is 0 Å². The molecule has 1 aromatic carbocycles. The number of methoxy groups -OCH3 is 1. The maximum absolute atomic E-state index is 5.58. The highest BCUT2D eigenvalue weighted by molar-refractivity contribution is 5.79. The first kappa shape index (κ1) is 23.8. The van der Waals surface area contributed by atoms with Gasteiger partial charge in [-0.2, -0.15) is 0 Å². The summed E-state index contributed by atoms with van der Waals surface area (Å²) < 4.78 is 10.9. The van der Waals surface area contributed by atoms with Crippen LogP contribution in [0.15, 0.2) is 47.6 Å². The van der Waals surface area contributed by atoms with Crippen molar-refractivity contribution in [3.05, 3.63) is 53.7 Å². The average Bonchev–Trinajstić information content (AvgIpc) is 2.83. The normalized spacial score (nSPS) is 15.8. The third-order valence-electron chi connectivity index (χ3n) is 5.49. The minimum atomic E-state index is 0.212. The summed E-state index contributed by atoms with van der Waals surface area (Å²) in [6, 6.07) is 12.6.